The lowest BCUT2D eigenvalue weighted by Gasteiger charge is -2.24. The van der Waals surface area contributed by atoms with E-state index < -0.39 is 0 Å². The molecule has 2 rings (SSSR count). The highest BCUT2D eigenvalue weighted by Gasteiger charge is 2.11. The largest absolute Gasteiger partial charge is 0.394 e. The van der Waals surface area contributed by atoms with Gasteiger partial charge in [-0.2, -0.15) is 5.10 Å². The van der Waals surface area contributed by atoms with Crippen molar-refractivity contribution < 1.29 is 5.11 Å². The molecule has 1 heterocycles. The molecule has 0 spiro atoms. The highest BCUT2D eigenvalue weighted by atomic mass is 16.3. The van der Waals surface area contributed by atoms with Crippen molar-refractivity contribution in [3.05, 3.63) is 41.2 Å². The summed E-state index contributed by atoms with van der Waals surface area (Å²) in [5.74, 6) is 0. The number of nitrogens with one attached hydrogen (secondary N) is 1. The smallest absolute Gasteiger partial charge is 0.0646 e. The Kier molecular flexibility index (Phi) is 5.66. The number of aromatic nitrogens is 2. The van der Waals surface area contributed by atoms with Crippen LogP contribution >= 0.6 is 0 Å². The first-order valence-electron chi connectivity index (χ1n) is 8.14. The van der Waals surface area contributed by atoms with Crippen LogP contribution in [0, 0.1) is 13.8 Å². The Bertz CT molecular complexity index is 648. The van der Waals surface area contributed by atoms with Gasteiger partial charge in [0, 0.05) is 42.3 Å². The van der Waals surface area contributed by atoms with Gasteiger partial charge in [-0.25, -0.2) is 0 Å². The van der Waals surface area contributed by atoms with Gasteiger partial charge in [-0.3, -0.25) is 4.68 Å². The molecular formula is C18H28N4O. The Labute approximate surface area is 138 Å². The van der Waals surface area contributed by atoms with Crippen molar-refractivity contribution in [1.29, 1.82) is 0 Å². The summed E-state index contributed by atoms with van der Waals surface area (Å²) < 4.78 is 1.87. The van der Waals surface area contributed by atoms with Crippen LogP contribution in [0.3, 0.4) is 0 Å². The minimum atomic E-state index is 0.110. The second kappa shape index (κ2) is 7.51. The first-order chi connectivity index (χ1) is 10.9. The minimum absolute atomic E-state index is 0.110. The molecule has 0 bridgehead atoms. The maximum atomic E-state index is 9.10. The zero-order valence-electron chi connectivity index (χ0n) is 14.8. The van der Waals surface area contributed by atoms with Crippen LogP contribution in [-0.4, -0.2) is 34.6 Å². The van der Waals surface area contributed by atoms with Crippen molar-refractivity contribution in [2.24, 2.45) is 0 Å². The molecule has 5 heteroatoms. The molecule has 0 amide bonds. The number of anilines is 2. The summed E-state index contributed by atoms with van der Waals surface area (Å²) in [4.78, 5) is 2.25. The van der Waals surface area contributed by atoms with Gasteiger partial charge < -0.3 is 15.3 Å². The van der Waals surface area contributed by atoms with Crippen molar-refractivity contribution in [3.63, 3.8) is 0 Å². The molecule has 126 valence electrons. The first-order valence-corrected chi connectivity index (χ1v) is 8.14. The van der Waals surface area contributed by atoms with E-state index in [-0.39, 0.29) is 6.61 Å². The summed E-state index contributed by atoms with van der Waals surface area (Å²) in [5.41, 5.74) is 5.62. The third-order valence-electron chi connectivity index (χ3n) is 4.34. The van der Waals surface area contributed by atoms with Crippen molar-refractivity contribution in [1.82, 2.24) is 9.78 Å². The van der Waals surface area contributed by atoms with E-state index in [1.54, 1.807) is 0 Å². The number of aliphatic hydroxyl groups excluding tert-OH is 1. The van der Waals surface area contributed by atoms with Crippen LogP contribution in [0.5, 0.6) is 0 Å². The van der Waals surface area contributed by atoms with Gasteiger partial charge in [-0.15, -0.1) is 0 Å². The molecule has 23 heavy (non-hydrogen) atoms. The predicted molar refractivity (Wildman–Crippen MR) is 96.1 cm³/mol. The molecule has 1 aromatic heterocycles. The van der Waals surface area contributed by atoms with Gasteiger partial charge in [-0.1, -0.05) is 6.07 Å². The fourth-order valence-corrected chi connectivity index (χ4v) is 2.63. The third-order valence-corrected chi connectivity index (χ3v) is 4.34. The second-order valence-electron chi connectivity index (χ2n) is 6.20. The topological polar surface area (TPSA) is 53.3 Å². The van der Waals surface area contributed by atoms with Gasteiger partial charge in [0.15, 0.2) is 0 Å². The summed E-state index contributed by atoms with van der Waals surface area (Å²) in [6, 6.07) is 8.92. The van der Waals surface area contributed by atoms with Gasteiger partial charge in [0.2, 0.25) is 0 Å². The van der Waals surface area contributed by atoms with Crippen LogP contribution < -0.4 is 10.2 Å². The van der Waals surface area contributed by atoms with E-state index >= 15 is 0 Å². The lowest BCUT2D eigenvalue weighted by molar-refractivity contribution is 0.268. The van der Waals surface area contributed by atoms with E-state index in [1.807, 2.05) is 11.6 Å². The highest BCUT2D eigenvalue weighted by molar-refractivity contribution is 5.58. The maximum absolute atomic E-state index is 9.10. The van der Waals surface area contributed by atoms with Crippen molar-refractivity contribution in [2.45, 2.75) is 46.8 Å². The van der Waals surface area contributed by atoms with E-state index in [4.69, 9.17) is 5.11 Å². The average Bonchev–Trinajstić information content (AvgIpc) is 2.79. The van der Waals surface area contributed by atoms with Crippen molar-refractivity contribution >= 4 is 11.4 Å². The number of aliphatic hydroxyl groups is 1. The summed E-state index contributed by atoms with van der Waals surface area (Å²) in [6.07, 6.45) is 0. The van der Waals surface area contributed by atoms with E-state index in [2.05, 4.69) is 67.4 Å². The molecule has 0 aliphatic rings. The lowest BCUT2D eigenvalue weighted by Crippen LogP contribution is -2.25. The molecule has 2 aromatic rings. The number of hydrogen-bond donors (Lipinski definition) is 2. The average molecular weight is 316 g/mol. The van der Waals surface area contributed by atoms with E-state index in [1.165, 1.54) is 11.3 Å². The van der Waals surface area contributed by atoms with Gasteiger partial charge in [0.1, 0.15) is 0 Å². The molecular weight excluding hydrogens is 288 g/mol. The number of hydrogen-bond acceptors (Lipinski definition) is 4. The minimum Gasteiger partial charge on any atom is -0.394 e. The molecule has 0 aliphatic heterocycles. The molecule has 5 nitrogen and oxygen atoms in total. The normalized spacial score (nSPS) is 11.1. The molecule has 2 N–H and O–H groups in total. The summed E-state index contributed by atoms with van der Waals surface area (Å²) in [6.45, 7) is 9.82. The molecule has 0 fully saturated rings. The molecule has 0 aliphatic carbocycles. The van der Waals surface area contributed by atoms with Crippen LogP contribution in [-0.2, 0) is 13.1 Å². The Morgan fingerprint density at radius 1 is 1.30 bits per heavy atom. The summed E-state index contributed by atoms with van der Waals surface area (Å²) in [7, 11) is 2.11. The Morgan fingerprint density at radius 2 is 2.04 bits per heavy atom. The van der Waals surface area contributed by atoms with Gasteiger partial charge in [0.25, 0.3) is 0 Å². The molecule has 0 saturated heterocycles. The Balaban J connectivity index is 2.11. The maximum Gasteiger partial charge on any atom is 0.0646 e. The molecule has 0 radical (unpaired) electrons. The van der Waals surface area contributed by atoms with Crippen LogP contribution in [0.15, 0.2) is 24.3 Å². The third kappa shape index (κ3) is 4.05. The second-order valence-corrected chi connectivity index (χ2v) is 6.20. The van der Waals surface area contributed by atoms with Crippen LogP contribution in [0.25, 0.3) is 0 Å². The molecule has 0 unspecified atom stereocenters. The van der Waals surface area contributed by atoms with E-state index in [0.29, 0.717) is 12.6 Å². The van der Waals surface area contributed by atoms with Crippen molar-refractivity contribution in [2.75, 3.05) is 23.9 Å². The SMILES string of the molecule is Cc1nn(CCO)c(C)c1CNc1cccc(N(C)C(C)C)c1. The fourth-order valence-electron chi connectivity index (χ4n) is 2.63. The number of aryl methyl sites for hydroxylation is 1. The highest BCUT2D eigenvalue weighted by Crippen LogP contribution is 2.21. The monoisotopic (exact) mass is 316 g/mol. The van der Waals surface area contributed by atoms with Gasteiger partial charge in [-0.05, 0) is 45.9 Å². The van der Waals surface area contributed by atoms with Crippen LogP contribution in [0.2, 0.25) is 0 Å². The zero-order valence-corrected chi connectivity index (χ0v) is 14.8. The quantitative estimate of drug-likeness (QED) is 0.824. The van der Waals surface area contributed by atoms with Crippen LogP contribution in [0.4, 0.5) is 11.4 Å². The van der Waals surface area contributed by atoms with E-state index in [9.17, 15) is 0 Å². The predicted octanol–water partition coefficient (Wildman–Crippen LogP) is 2.95. The Hall–Kier alpha value is -2.01. The Morgan fingerprint density at radius 3 is 2.70 bits per heavy atom. The standard InChI is InChI=1S/C18H28N4O/c1-13(2)21(5)17-8-6-7-16(11-17)19-12-18-14(3)20-22(9-10-23)15(18)4/h6-8,11,13,19,23H,9-10,12H2,1-5H3. The molecule has 0 saturated carbocycles. The number of rotatable bonds is 7. The zero-order chi connectivity index (χ0) is 17.0. The summed E-state index contributed by atoms with van der Waals surface area (Å²) >= 11 is 0. The lowest BCUT2D eigenvalue weighted by atomic mass is 10.2. The summed E-state index contributed by atoms with van der Waals surface area (Å²) in [5, 5.41) is 17.1. The van der Waals surface area contributed by atoms with Gasteiger partial charge >= 0.3 is 0 Å². The number of nitrogens with zero attached hydrogens (tertiary/aromatic N) is 3. The molecule has 1 aromatic carbocycles. The molecule has 0 atom stereocenters. The van der Waals surface area contributed by atoms with Gasteiger partial charge in [0.05, 0.1) is 18.8 Å². The van der Waals surface area contributed by atoms with Crippen molar-refractivity contribution in [3.8, 4) is 0 Å². The number of benzene rings is 1. The fraction of sp³-hybridized carbons (Fsp3) is 0.500. The van der Waals surface area contributed by atoms with Crippen LogP contribution in [0.1, 0.15) is 30.8 Å². The van der Waals surface area contributed by atoms with E-state index in [0.717, 1.165) is 23.6 Å². The first kappa shape index (κ1) is 17.3.